The Morgan fingerprint density at radius 2 is 1.77 bits per heavy atom. The van der Waals surface area contributed by atoms with Crippen molar-refractivity contribution in [2.75, 3.05) is 17.1 Å². The van der Waals surface area contributed by atoms with Gasteiger partial charge >= 0.3 is 0 Å². The van der Waals surface area contributed by atoms with Crippen molar-refractivity contribution in [3.05, 3.63) is 47.5 Å². The van der Waals surface area contributed by atoms with E-state index in [1.54, 1.807) is 30.3 Å². The second-order valence-corrected chi connectivity index (χ2v) is 8.35. The molecule has 2 aromatic rings. The average Bonchev–Trinajstić information content (AvgIpc) is 3.34. The van der Waals surface area contributed by atoms with Gasteiger partial charge in [0.1, 0.15) is 10.6 Å². The summed E-state index contributed by atoms with van der Waals surface area (Å²) in [5.74, 6) is 0.863. The summed E-state index contributed by atoms with van der Waals surface area (Å²) < 4.78 is 32.9. The van der Waals surface area contributed by atoms with Crippen molar-refractivity contribution in [2.45, 2.75) is 18.2 Å². The van der Waals surface area contributed by atoms with Gasteiger partial charge in [0.05, 0.1) is 12.1 Å². The van der Waals surface area contributed by atoms with E-state index in [-0.39, 0.29) is 21.7 Å². The monoisotopic (exact) mass is 394 g/mol. The Hall–Kier alpha value is -2.25. The molecule has 1 amide bonds. The van der Waals surface area contributed by atoms with Crippen LogP contribution in [-0.4, -0.2) is 21.4 Å². The van der Waals surface area contributed by atoms with Crippen molar-refractivity contribution in [1.29, 1.82) is 0 Å². The van der Waals surface area contributed by atoms with Crippen LogP contribution < -0.4 is 14.8 Å². The lowest BCUT2D eigenvalue weighted by Crippen LogP contribution is -2.16. The minimum Gasteiger partial charge on any atom is -0.497 e. The molecule has 1 aliphatic rings. The molecule has 8 heteroatoms. The molecule has 0 aromatic heterocycles. The first-order valence-electron chi connectivity index (χ1n) is 8.07. The maximum absolute atomic E-state index is 12.7. The van der Waals surface area contributed by atoms with Crippen LogP contribution in [0.2, 0.25) is 5.02 Å². The Morgan fingerprint density at radius 3 is 2.35 bits per heavy atom. The highest BCUT2D eigenvalue weighted by atomic mass is 35.5. The molecule has 2 aromatic carbocycles. The molecule has 1 aliphatic carbocycles. The largest absolute Gasteiger partial charge is 0.497 e. The van der Waals surface area contributed by atoms with Gasteiger partial charge in [-0.05, 0) is 54.8 Å². The predicted octanol–water partition coefficient (Wildman–Crippen LogP) is 3.74. The number of hydrogen-bond acceptors (Lipinski definition) is 4. The van der Waals surface area contributed by atoms with Crippen molar-refractivity contribution >= 4 is 38.9 Å². The maximum Gasteiger partial charge on any atom is 0.263 e. The number of hydrogen-bond donors (Lipinski definition) is 2. The number of sulfonamides is 1. The van der Waals surface area contributed by atoms with Crippen LogP contribution in [0.25, 0.3) is 0 Å². The molecule has 3 rings (SSSR count). The van der Waals surface area contributed by atoms with Gasteiger partial charge in [-0.1, -0.05) is 18.5 Å². The summed E-state index contributed by atoms with van der Waals surface area (Å²) in [6.45, 7) is 2.00. The number of carbonyl (C=O) groups is 1. The molecule has 1 fully saturated rings. The van der Waals surface area contributed by atoms with Crippen molar-refractivity contribution in [3.63, 3.8) is 0 Å². The van der Waals surface area contributed by atoms with E-state index in [4.69, 9.17) is 16.3 Å². The molecular formula is C18H19ClN2O4S. The summed E-state index contributed by atoms with van der Waals surface area (Å²) in [5, 5.41) is 2.82. The zero-order chi connectivity index (χ0) is 18.9. The minimum atomic E-state index is -3.91. The summed E-state index contributed by atoms with van der Waals surface area (Å²) in [4.78, 5) is 12.0. The van der Waals surface area contributed by atoms with E-state index in [2.05, 4.69) is 10.0 Å². The summed E-state index contributed by atoms with van der Waals surface area (Å²) in [6.07, 6.45) is 0.851. The van der Waals surface area contributed by atoms with E-state index < -0.39 is 10.0 Å². The van der Waals surface area contributed by atoms with Gasteiger partial charge in [0.15, 0.2) is 0 Å². The molecular weight excluding hydrogens is 376 g/mol. The molecule has 26 heavy (non-hydrogen) atoms. The van der Waals surface area contributed by atoms with Crippen LogP contribution in [0.3, 0.4) is 0 Å². The van der Waals surface area contributed by atoms with Crippen LogP contribution in [0, 0.1) is 11.8 Å². The second-order valence-electron chi connectivity index (χ2n) is 6.29. The van der Waals surface area contributed by atoms with E-state index >= 15 is 0 Å². The summed E-state index contributed by atoms with van der Waals surface area (Å²) in [6, 6.07) is 10.9. The lowest BCUT2D eigenvalue weighted by molar-refractivity contribution is -0.117. The number of carbonyl (C=O) groups excluding carboxylic acids is 1. The molecule has 6 nitrogen and oxygen atoms in total. The number of ether oxygens (including phenoxy) is 1. The van der Waals surface area contributed by atoms with E-state index in [1.165, 1.54) is 19.2 Å². The fourth-order valence-corrected chi connectivity index (χ4v) is 4.16. The molecule has 0 bridgehead atoms. The maximum atomic E-state index is 12.7. The zero-order valence-corrected chi connectivity index (χ0v) is 15.9. The van der Waals surface area contributed by atoms with Gasteiger partial charge in [0.25, 0.3) is 10.0 Å². The normalized spacial score (nSPS) is 18.9. The molecule has 0 spiro atoms. The standard InChI is InChI=1S/C18H19ClN2O4S/c1-11-9-15(11)18(22)20-13-5-8-16(19)17(10-13)26(23,24)21-12-3-6-14(25-2)7-4-12/h3-8,10-11,15,21H,9H2,1-2H3,(H,20,22)/t11-,15-/m0/s1. The molecule has 2 N–H and O–H groups in total. The second kappa shape index (κ2) is 7.17. The van der Waals surface area contributed by atoms with Crippen molar-refractivity contribution in [1.82, 2.24) is 0 Å². The highest BCUT2D eigenvalue weighted by molar-refractivity contribution is 7.92. The smallest absolute Gasteiger partial charge is 0.263 e. The molecule has 2 atom stereocenters. The molecule has 0 radical (unpaired) electrons. The SMILES string of the molecule is COc1ccc(NS(=O)(=O)c2cc(NC(=O)[C@H]3C[C@@H]3C)ccc2Cl)cc1. The molecule has 0 unspecified atom stereocenters. The third-order valence-electron chi connectivity index (χ3n) is 4.28. The summed E-state index contributed by atoms with van der Waals surface area (Å²) >= 11 is 6.08. The summed E-state index contributed by atoms with van der Waals surface area (Å²) in [5.41, 5.74) is 0.775. The third-order valence-corrected chi connectivity index (χ3v) is 6.14. The fraction of sp³-hybridized carbons (Fsp3) is 0.278. The first-order valence-corrected chi connectivity index (χ1v) is 9.93. The van der Waals surface area contributed by atoms with Crippen LogP contribution in [0.4, 0.5) is 11.4 Å². The molecule has 0 aliphatic heterocycles. The van der Waals surface area contributed by atoms with Crippen LogP contribution in [0.5, 0.6) is 5.75 Å². The third kappa shape index (κ3) is 4.11. The minimum absolute atomic E-state index is 0.0110. The highest BCUT2D eigenvalue weighted by Crippen LogP contribution is 2.38. The van der Waals surface area contributed by atoms with Crippen molar-refractivity contribution in [3.8, 4) is 5.75 Å². The Kier molecular flexibility index (Phi) is 5.11. The van der Waals surface area contributed by atoms with Gasteiger partial charge in [-0.15, -0.1) is 0 Å². The van der Waals surface area contributed by atoms with E-state index in [0.717, 1.165) is 6.42 Å². The van der Waals surface area contributed by atoms with Gasteiger partial charge in [-0.2, -0.15) is 0 Å². The first kappa shape index (κ1) is 18.5. The predicted molar refractivity (Wildman–Crippen MR) is 101 cm³/mol. The van der Waals surface area contributed by atoms with Crippen LogP contribution >= 0.6 is 11.6 Å². The van der Waals surface area contributed by atoms with Gasteiger partial charge in [0, 0.05) is 17.3 Å². The molecule has 1 saturated carbocycles. The molecule has 138 valence electrons. The average molecular weight is 395 g/mol. The number of anilines is 2. The molecule has 0 saturated heterocycles. The number of methoxy groups -OCH3 is 1. The van der Waals surface area contributed by atoms with E-state index in [1.807, 2.05) is 6.92 Å². The van der Waals surface area contributed by atoms with Crippen LogP contribution in [-0.2, 0) is 14.8 Å². The van der Waals surface area contributed by atoms with E-state index in [0.29, 0.717) is 23.0 Å². The number of halogens is 1. The number of amides is 1. The van der Waals surface area contributed by atoms with Crippen molar-refractivity contribution < 1.29 is 17.9 Å². The zero-order valence-electron chi connectivity index (χ0n) is 14.3. The highest BCUT2D eigenvalue weighted by Gasteiger charge is 2.39. The van der Waals surface area contributed by atoms with E-state index in [9.17, 15) is 13.2 Å². The topological polar surface area (TPSA) is 84.5 Å². The first-order chi connectivity index (χ1) is 12.3. The van der Waals surface area contributed by atoms with Gasteiger partial charge in [-0.3, -0.25) is 9.52 Å². The molecule has 0 heterocycles. The lowest BCUT2D eigenvalue weighted by atomic mass is 10.3. The lowest BCUT2D eigenvalue weighted by Gasteiger charge is -2.12. The number of rotatable bonds is 6. The Morgan fingerprint density at radius 1 is 1.15 bits per heavy atom. The quantitative estimate of drug-likeness (QED) is 0.781. The fourth-order valence-electron chi connectivity index (χ4n) is 2.58. The van der Waals surface area contributed by atoms with Gasteiger partial charge < -0.3 is 10.1 Å². The Labute approximate surface area is 157 Å². The number of nitrogens with one attached hydrogen (secondary N) is 2. The summed E-state index contributed by atoms with van der Waals surface area (Å²) in [7, 11) is -2.38. The Bertz CT molecular complexity index is 929. The number of benzene rings is 2. The van der Waals surface area contributed by atoms with Gasteiger partial charge in [0.2, 0.25) is 5.91 Å². The van der Waals surface area contributed by atoms with Crippen LogP contribution in [0.1, 0.15) is 13.3 Å². The van der Waals surface area contributed by atoms with Crippen molar-refractivity contribution in [2.24, 2.45) is 11.8 Å². The van der Waals surface area contributed by atoms with Crippen LogP contribution in [0.15, 0.2) is 47.4 Å². The van der Waals surface area contributed by atoms with Gasteiger partial charge in [-0.25, -0.2) is 8.42 Å². The Balaban J connectivity index is 1.81.